The van der Waals surface area contributed by atoms with Crippen LogP contribution in [-0.2, 0) is 9.53 Å². The van der Waals surface area contributed by atoms with E-state index in [9.17, 15) is 9.59 Å². The monoisotopic (exact) mass is 227 g/mol. The summed E-state index contributed by atoms with van der Waals surface area (Å²) in [6.07, 6.45) is 3.06. The molecular formula is C12H21NO3. The smallest absolute Gasteiger partial charge is 0.407 e. The van der Waals surface area contributed by atoms with Crippen molar-refractivity contribution < 1.29 is 14.3 Å². The molecule has 0 saturated heterocycles. The summed E-state index contributed by atoms with van der Waals surface area (Å²) in [5.74, 6) is 0.461. The van der Waals surface area contributed by atoms with Crippen molar-refractivity contribution >= 4 is 11.9 Å². The lowest BCUT2D eigenvalue weighted by Gasteiger charge is -2.27. The molecule has 16 heavy (non-hydrogen) atoms. The second-order valence-corrected chi connectivity index (χ2v) is 4.76. The summed E-state index contributed by atoms with van der Waals surface area (Å²) in [6, 6.07) is 0.168. The summed E-state index contributed by atoms with van der Waals surface area (Å²) in [5, 5.41) is 2.84. The third-order valence-electron chi connectivity index (χ3n) is 2.97. The van der Waals surface area contributed by atoms with Gasteiger partial charge in [0.1, 0.15) is 5.78 Å². The molecule has 0 bridgehead atoms. The summed E-state index contributed by atoms with van der Waals surface area (Å²) in [7, 11) is 0. The van der Waals surface area contributed by atoms with Crippen LogP contribution < -0.4 is 5.32 Å². The average molecular weight is 227 g/mol. The number of carbonyl (C=O) groups excluding carboxylic acids is 2. The third-order valence-corrected chi connectivity index (χ3v) is 2.97. The second-order valence-electron chi connectivity index (χ2n) is 4.76. The van der Waals surface area contributed by atoms with Gasteiger partial charge in [-0.1, -0.05) is 0 Å². The Kier molecular flexibility index (Phi) is 4.77. The number of nitrogens with one attached hydrogen (secondary N) is 1. The highest BCUT2D eigenvalue weighted by Gasteiger charge is 2.25. The van der Waals surface area contributed by atoms with Crippen LogP contribution in [0.15, 0.2) is 0 Å². The van der Waals surface area contributed by atoms with Crippen LogP contribution in [0.4, 0.5) is 4.79 Å². The molecule has 1 aliphatic carbocycles. The van der Waals surface area contributed by atoms with Crippen molar-refractivity contribution in [3.63, 3.8) is 0 Å². The Balaban J connectivity index is 2.26. The maximum Gasteiger partial charge on any atom is 0.407 e. The van der Waals surface area contributed by atoms with Gasteiger partial charge < -0.3 is 10.1 Å². The van der Waals surface area contributed by atoms with Crippen LogP contribution in [0.5, 0.6) is 0 Å². The number of ketones is 1. The first kappa shape index (κ1) is 13.0. The van der Waals surface area contributed by atoms with Crippen molar-refractivity contribution in [3.8, 4) is 0 Å². The zero-order valence-electron chi connectivity index (χ0n) is 10.3. The number of Topliss-reactive ketones (excluding diaryl/α,β-unsaturated/α-hetero) is 1. The van der Waals surface area contributed by atoms with E-state index in [0.29, 0.717) is 0 Å². The Hall–Kier alpha value is -1.06. The van der Waals surface area contributed by atoms with E-state index in [4.69, 9.17) is 4.74 Å². The summed E-state index contributed by atoms with van der Waals surface area (Å²) >= 11 is 0. The van der Waals surface area contributed by atoms with Gasteiger partial charge >= 0.3 is 6.09 Å². The van der Waals surface area contributed by atoms with Crippen molar-refractivity contribution in [1.82, 2.24) is 5.32 Å². The summed E-state index contributed by atoms with van der Waals surface area (Å²) in [5.41, 5.74) is 0. The Morgan fingerprint density at radius 1 is 1.19 bits per heavy atom. The van der Waals surface area contributed by atoms with Gasteiger partial charge in [-0.2, -0.15) is 0 Å². The zero-order chi connectivity index (χ0) is 12.1. The van der Waals surface area contributed by atoms with Crippen LogP contribution in [0.25, 0.3) is 0 Å². The minimum Gasteiger partial charge on any atom is -0.447 e. The number of hydrogen-bond acceptors (Lipinski definition) is 3. The number of rotatable bonds is 3. The molecule has 1 N–H and O–H groups in total. The largest absolute Gasteiger partial charge is 0.447 e. The van der Waals surface area contributed by atoms with Crippen LogP contribution in [0.2, 0.25) is 0 Å². The van der Waals surface area contributed by atoms with Crippen LogP contribution in [-0.4, -0.2) is 24.0 Å². The van der Waals surface area contributed by atoms with Crippen molar-refractivity contribution in [3.05, 3.63) is 0 Å². The normalized spacial score (nSPS) is 25.2. The van der Waals surface area contributed by atoms with Gasteiger partial charge in [0.05, 0.1) is 6.10 Å². The molecule has 1 aliphatic rings. The fourth-order valence-corrected chi connectivity index (χ4v) is 2.06. The molecule has 0 atom stereocenters. The van der Waals surface area contributed by atoms with Gasteiger partial charge in [0.15, 0.2) is 0 Å². The van der Waals surface area contributed by atoms with E-state index >= 15 is 0 Å². The highest BCUT2D eigenvalue weighted by atomic mass is 16.6. The highest BCUT2D eigenvalue weighted by Crippen LogP contribution is 2.24. The molecule has 0 aromatic carbocycles. The predicted molar refractivity (Wildman–Crippen MR) is 61.2 cm³/mol. The van der Waals surface area contributed by atoms with Crippen molar-refractivity contribution in [2.24, 2.45) is 5.92 Å². The number of carbonyl (C=O) groups is 2. The van der Waals surface area contributed by atoms with Gasteiger partial charge in [-0.05, 0) is 46.5 Å². The van der Waals surface area contributed by atoms with E-state index in [1.54, 1.807) is 6.92 Å². The third kappa shape index (κ3) is 4.21. The first-order valence-corrected chi connectivity index (χ1v) is 5.96. The molecule has 0 spiro atoms. The molecule has 1 fully saturated rings. The Labute approximate surface area is 96.7 Å². The van der Waals surface area contributed by atoms with Crippen molar-refractivity contribution in [2.45, 2.75) is 58.6 Å². The van der Waals surface area contributed by atoms with E-state index in [0.717, 1.165) is 25.7 Å². The minimum absolute atomic E-state index is 0.0893. The van der Waals surface area contributed by atoms with Gasteiger partial charge in [0.2, 0.25) is 0 Å². The standard InChI is InChI=1S/C12H21NO3/c1-8(2)16-12(15)13-11-6-4-10(5-7-11)9(3)14/h8,10-11H,4-7H2,1-3H3,(H,13,15). The van der Waals surface area contributed by atoms with Gasteiger partial charge in [-0.25, -0.2) is 4.79 Å². The first-order chi connectivity index (χ1) is 7.49. The number of hydrogen-bond donors (Lipinski definition) is 1. The Morgan fingerprint density at radius 2 is 1.75 bits per heavy atom. The lowest BCUT2D eigenvalue weighted by atomic mass is 9.84. The molecule has 1 rings (SSSR count). The minimum atomic E-state index is -0.346. The Bertz CT molecular complexity index is 255. The lowest BCUT2D eigenvalue weighted by molar-refractivity contribution is -0.121. The Morgan fingerprint density at radius 3 is 2.19 bits per heavy atom. The van der Waals surface area contributed by atoms with Crippen LogP contribution in [0.3, 0.4) is 0 Å². The van der Waals surface area contributed by atoms with Crippen LogP contribution in [0, 0.1) is 5.92 Å². The fourth-order valence-electron chi connectivity index (χ4n) is 2.06. The molecule has 0 radical (unpaired) electrons. The topological polar surface area (TPSA) is 55.4 Å². The molecule has 0 aromatic heterocycles. The number of alkyl carbamates (subject to hydrolysis) is 1. The molecule has 1 amide bonds. The quantitative estimate of drug-likeness (QED) is 0.804. The molecule has 4 heteroatoms. The summed E-state index contributed by atoms with van der Waals surface area (Å²) in [4.78, 5) is 22.5. The van der Waals surface area contributed by atoms with E-state index in [1.807, 2.05) is 13.8 Å². The van der Waals surface area contributed by atoms with E-state index in [-0.39, 0.29) is 29.9 Å². The van der Waals surface area contributed by atoms with E-state index in [1.165, 1.54) is 0 Å². The summed E-state index contributed by atoms with van der Waals surface area (Å²) in [6.45, 7) is 5.30. The van der Waals surface area contributed by atoms with E-state index in [2.05, 4.69) is 5.32 Å². The molecule has 1 saturated carbocycles. The maximum atomic E-state index is 11.3. The van der Waals surface area contributed by atoms with E-state index < -0.39 is 0 Å². The first-order valence-electron chi connectivity index (χ1n) is 5.96. The molecule has 0 heterocycles. The fraction of sp³-hybridized carbons (Fsp3) is 0.833. The number of amides is 1. The second kappa shape index (κ2) is 5.87. The SMILES string of the molecule is CC(=O)C1CCC(NC(=O)OC(C)C)CC1. The predicted octanol–water partition coefficient (Wildman–Crippen LogP) is 2.27. The van der Waals surface area contributed by atoms with Gasteiger partial charge in [-0.15, -0.1) is 0 Å². The molecule has 4 nitrogen and oxygen atoms in total. The average Bonchev–Trinajstić information content (AvgIpc) is 2.16. The molecule has 0 aliphatic heterocycles. The van der Waals surface area contributed by atoms with Crippen LogP contribution in [0.1, 0.15) is 46.5 Å². The van der Waals surface area contributed by atoms with Gasteiger partial charge in [0.25, 0.3) is 0 Å². The molecule has 0 unspecified atom stereocenters. The van der Waals surface area contributed by atoms with Crippen molar-refractivity contribution in [1.29, 1.82) is 0 Å². The highest BCUT2D eigenvalue weighted by molar-refractivity contribution is 5.78. The zero-order valence-corrected chi connectivity index (χ0v) is 10.3. The van der Waals surface area contributed by atoms with Gasteiger partial charge in [0, 0.05) is 12.0 Å². The molecular weight excluding hydrogens is 206 g/mol. The van der Waals surface area contributed by atoms with Gasteiger partial charge in [-0.3, -0.25) is 4.79 Å². The summed E-state index contributed by atoms with van der Waals surface area (Å²) < 4.78 is 5.01. The maximum absolute atomic E-state index is 11.3. The number of ether oxygens (including phenoxy) is 1. The molecule has 0 aromatic rings. The molecule has 92 valence electrons. The lowest BCUT2D eigenvalue weighted by Crippen LogP contribution is -2.39. The van der Waals surface area contributed by atoms with Crippen LogP contribution >= 0.6 is 0 Å². The van der Waals surface area contributed by atoms with Crippen molar-refractivity contribution in [2.75, 3.05) is 0 Å².